The van der Waals surface area contributed by atoms with E-state index in [4.69, 9.17) is 5.73 Å². The van der Waals surface area contributed by atoms with Crippen LogP contribution in [0.1, 0.15) is 11.1 Å². The van der Waals surface area contributed by atoms with Gasteiger partial charge in [0.25, 0.3) is 0 Å². The van der Waals surface area contributed by atoms with Crippen molar-refractivity contribution in [3.8, 4) is 0 Å². The van der Waals surface area contributed by atoms with E-state index in [1.165, 1.54) is 0 Å². The molecule has 3 N–H and O–H groups in total. The number of rotatable bonds is 3. The van der Waals surface area contributed by atoms with Crippen LogP contribution in [-0.2, 0) is 17.6 Å². The lowest BCUT2D eigenvalue weighted by Crippen LogP contribution is -2.15. The van der Waals surface area contributed by atoms with Crippen LogP contribution in [0.4, 0.5) is 11.4 Å². The Morgan fingerprint density at radius 2 is 2.19 bits per heavy atom. The maximum atomic E-state index is 11.2. The average molecular weight is 219 g/mol. The van der Waals surface area contributed by atoms with E-state index in [1.807, 2.05) is 26.2 Å². The Morgan fingerprint density at radius 1 is 1.44 bits per heavy atom. The number of fused-ring (bicyclic) bond motifs is 1. The number of carbonyl (C=O) groups is 1. The first-order valence-electron chi connectivity index (χ1n) is 5.42. The Bertz CT molecular complexity index is 427. The van der Waals surface area contributed by atoms with E-state index in [0.29, 0.717) is 6.42 Å². The molecule has 0 saturated carbocycles. The quantitative estimate of drug-likeness (QED) is 0.742. The third kappa shape index (κ3) is 2.17. The zero-order valence-corrected chi connectivity index (χ0v) is 9.71. The van der Waals surface area contributed by atoms with E-state index in [-0.39, 0.29) is 5.91 Å². The van der Waals surface area contributed by atoms with Crippen molar-refractivity contribution in [1.82, 2.24) is 4.90 Å². The van der Waals surface area contributed by atoms with Crippen molar-refractivity contribution < 1.29 is 4.79 Å². The summed E-state index contributed by atoms with van der Waals surface area (Å²) in [6.07, 6.45) is 1.36. The van der Waals surface area contributed by atoms with Crippen molar-refractivity contribution in [2.24, 2.45) is 0 Å². The lowest BCUT2D eigenvalue weighted by Gasteiger charge is -2.12. The van der Waals surface area contributed by atoms with Gasteiger partial charge >= 0.3 is 0 Å². The molecule has 0 atom stereocenters. The van der Waals surface area contributed by atoms with Gasteiger partial charge in [0, 0.05) is 17.9 Å². The summed E-state index contributed by atoms with van der Waals surface area (Å²) in [6, 6.07) is 3.91. The SMILES string of the molecule is CN(C)CCc1cc2c(cc1N)CC(=O)N2. The number of anilines is 2. The average Bonchev–Trinajstić information content (AvgIpc) is 2.53. The highest BCUT2D eigenvalue weighted by Crippen LogP contribution is 2.28. The van der Waals surface area contributed by atoms with Gasteiger partial charge < -0.3 is 16.0 Å². The van der Waals surface area contributed by atoms with Crippen LogP contribution in [-0.4, -0.2) is 31.4 Å². The molecule has 4 nitrogen and oxygen atoms in total. The van der Waals surface area contributed by atoms with Gasteiger partial charge in [0.15, 0.2) is 0 Å². The summed E-state index contributed by atoms with van der Waals surface area (Å²) < 4.78 is 0. The molecule has 16 heavy (non-hydrogen) atoms. The molecule has 0 spiro atoms. The molecule has 86 valence electrons. The second-order valence-electron chi connectivity index (χ2n) is 4.49. The minimum atomic E-state index is 0.0548. The monoisotopic (exact) mass is 219 g/mol. The first-order chi connectivity index (χ1) is 7.56. The normalized spacial score (nSPS) is 14.1. The lowest BCUT2D eigenvalue weighted by molar-refractivity contribution is -0.115. The van der Waals surface area contributed by atoms with Gasteiger partial charge in [-0.1, -0.05) is 0 Å². The maximum Gasteiger partial charge on any atom is 0.228 e. The molecular formula is C12H17N3O. The van der Waals surface area contributed by atoms with Crippen LogP contribution in [0.15, 0.2) is 12.1 Å². The standard InChI is InChI=1S/C12H17N3O/c1-15(2)4-3-8-6-11-9(5-10(8)13)7-12(16)14-11/h5-6H,3-4,7,13H2,1-2H3,(H,14,16). The summed E-state index contributed by atoms with van der Waals surface area (Å²) in [4.78, 5) is 13.3. The topological polar surface area (TPSA) is 58.4 Å². The molecule has 1 aliphatic heterocycles. The Morgan fingerprint density at radius 3 is 2.88 bits per heavy atom. The van der Waals surface area contributed by atoms with E-state index in [1.54, 1.807) is 0 Å². The fourth-order valence-corrected chi connectivity index (χ4v) is 1.90. The van der Waals surface area contributed by atoms with Gasteiger partial charge in [0.05, 0.1) is 6.42 Å². The van der Waals surface area contributed by atoms with E-state index in [2.05, 4.69) is 10.2 Å². The van der Waals surface area contributed by atoms with E-state index in [0.717, 1.165) is 35.5 Å². The van der Waals surface area contributed by atoms with Crippen molar-refractivity contribution in [3.63, 3.8) is 0 Å². The number of hydrogen-bond donors (Lipinski definition) is 2. The molecule has 1 aromatic carbocycles. The largest absolute Gasteiger partial charge is 0.398 e. The number of nitrogen functional groups attached to an aromatic ring is 1. The van der Waals surface area contributed by atoms with Gasteiger partial charge in [0.2, 0.25) is 5.91 Å². The van der Waals surface area contributed by atoms with E-state index in [9.17, 15) is 4.79 Å². The molecule has 0 aromatic heterocycles. The minimum Gasteiger partial charge on any atom is -0.398 e. The predicted octanol–water partition coefficient (Wildman–Crippen LogP) is 0.867. The van der Waals surface area contributed by atoms with Crippen molar-refractivity contribution >= 4 is 17.3 Å². The second kappa shape index (κ2) is 4.14. The van der Waals surface area contributed by atoms with Crippen molar-refractivity contribution in [3.05, 3.63) is 23.3 Å². The number of carbonyl (C=O) groups excluding carboxylic acids is 1. The number of nitrogens with zero attached hydrogens (tertiary/aromatic N) is 1. The van der Waals surface area contributed by atoms with E-state index >= 15 is 0 Å². The molecule has 4 heteroatoms. The number of nitrogens with one attached hydrogen (secondary N) is 1. The molecule has 0 bridgehead atoms. The fraction of sp³-hybridized carbons (Fsp3) is 0.417. The maximum absolute atomic E-state index is 11.2. The van der Waals surface area contributed by atoms with Gasteiger partial charge in [0.1, 0.15) is 0 Å². The number of amides is 1. The number of nitrogens with two attached hydrogens (primary N) is 1. The van der Waals surface area contributed by atoms with Crippen LogP contribution in [0.3, 0.4) is 0 Å². The number of likely N-dealkylation sites (N-methyl/N-ethyl adjacent to an activating group) is 1. The highest BCUT2D eigenvalue weighted by molar-refractivity contribution is 5.99. The number of benzene rings is 1. The minimum absolute atomic E-state index is 0.0548. The summed E-state index contributed by atoms with van der Waals surface area (Å²) in [5.41, 5.74) is 9.80. The van der Waals surface area contributed by atoms with Crippen LogP contribution in [0, 0.1) is 0 Å². The summed E-state index contributed by atoms with van der Waals surface area (Å²) in [6.45, 7) is 0.955. The van der Waals surface area contributed by atoms with Gasteiger partial charge in [-0.05, 0) is 43.8 Å². The van der Waals surface area contributed by atoms with Gasteiger partial charge in [-0.25, -0.2) is 0 Å². The molecule has 0 unspecified atom stereocenters. The zero-order chi connectivity index (χ0) is 11.7. The number of hydrogen-bond acceptors (Lipinski definition) is 3. The Kier molecular flexibility index (Phi) is 2.83. The molecule has 1 heterocycles. The van der Waals surface area contributed by atoms with Crippen LogP contribution in [0.5, 0.6) is 0 Å². The molecule has 0 fully saturated rings. The van der Waals surface area contributed by atoms with Gasteiger partial charge in [-0.15, -0.1) is 0 Å². The molecule has 1 amide bonds. The Labute approximate surface area is 95.4 Å². The highest BCUT2D eigenvalue weighted by Gasteiger charge is 2.18. The summed E-state index contributed by atoms with van der Waals surface area (Å²) >= 11 is 0. The van der Waals surface area contributed by atoms with Gasteiger partial charge in [-0.2, -0.15) is 0 Å². The molecule has 1 aliphatic rings. The molecule has 2 rings (SSSR count). The smallest absolute Gasteiger partial charge is 0.228 e. The second-order valence-corrected chi connectivity index (χ2v) is 4.49. The van der Waals surface area contributed by atoms with Gasteiger partial charge in [-0.3, -0.25) is 4.79 Å². The molecule has 0 radical (unpaired) electrons. The Hall–Kier alpha value is -1.55. The summed E-state index contributed by atoms with van der Waals surface area (Å²) in [5, 5.41) is 2.84. The Balaban J connectivity index is 2.21. The zero-order valence-electron chi connectivity index (χ0n) is 9.71. The van der Waals surface area contributed by atoms with E-state index < -0.39 is 0 Å². The van der Waals surface area contributed by atoms with Crippen molar-refractivity contribution in [1.29, 1.82) is 0 Å². The molecule has 1 aromatic rings. The van der Waals surface area contributed by atoms with Crippen molar-refractivity contribution in [2.45, 2.75) is 12.8 Å². The third-order valence-electron chi connectivity index (χ3n) is 2.82. The first kappa shape index (κ1) is 11.0. The molecule has 0 aliphatic carbocycles. The van der Waals surface area contributed by atoms with Crippen LogP contribution < -0.4 is 11.1 Å². The fourth-order valence-electron chi connectivity index (χ4n) is 1.90. The summed E-state index contributed by atoms with van der Waals surface area (Å²) in [7, 11) is 4.07. The first-order valence-corrected chi connectivity index (χ1v) is 5.42. The third-order valence-corrected chi connectivity index (χ3v) is 2.82. The van der Waals surface area contributed by atoms with Crippen LogP contribution >= 0.6 is 0 Å². The molecule has 0 saturated heterocycles. The van der Waals surface area contributed by atoms with Crippen LogP contribution in [0.25, 0.3) is 0 Å². The highest BCUT2D eigenvalue weighted by atomic mass is 16.1. The summed E-state index contributed by atoms with van der Waals surface area (Å²) in [5.74, 6) is 0.0548. The van der Waals surface area contributed by atoms with Crippen molar-refractivity contribution in [2.75, 3.05) is 31.7 Å². The molecular weight excluding hydrogens is 202 g/mol. The predicted molar refractivity (Wildman–Crippen MR) is 65.4 cm³/mol. The van der Waals surface area contributed by atoms with Crippen LogP contribution in [0.2, 0.25) is 0 Å². The lowest BCUT2D eigenvalue weighted by atomic mass is 10.0.